The molecule has 0 saturated carbocycles. The van der Waals surface area contributed by atoms with Crippen LogP contribution in [-0.4, -0.2) is 43.1 Å². The molecular weight excluding hydrogens is 278 g/mol. The van der Waals surface area contributed by atoms with Crippen molar-refractivity contribution in [1.82, 2.24) is 4.90 Å². The highest BCUT2D eigenvalue weighted by Gasteiger charge is 2.33. The fourth-order valence-corrected chi connectivity index (χ4v) is 3.23. The fourth-order valence-electron chi connectivity index (χ4n) is 2.49. The van der Waals surface area contributed by atoms with Crippen LogP contribution in [0.1, 0.15) is 40.0 Å². The zero-order valence-electron chi connectivity index (χ0n) is 11.7. The Morgan fingerprint density at radius 1 is 1.29 bits per heavy atom. The second kappa shape index (κ2) is 7.75. The summed E-state index contributed by atoms with van der Waals surface area (Å²) < 4.78 is 5.50. The number of alkyl halides is 1. The van der Waals surface area contributed by atoms with E-state index >= 15 is 0 Å². The first-order valence-electron chi connectivity index (χ1n) is 7.02. The number of nitrogens with zero attached hydrogens (tertiary/aromatic N) is 1. The van der Waals surface area contributed by atoms with Crippen LogP contribution in [-0.2, 0) is 4.74 Å². The van der Waals surface area contributed by atoms with E-state index in [-0.39, 0.29) is 0 Å². The van der Waals surface area contributed by atoms with E-state index in [0.717, 1.165) is 24.5 Å². The zero-order valence-corrected chi connectivity index (χ0v) is 13.3. The number of halogens is 1. The summed E-state index contributed by atoms with van der Waals surface area (Å²) in [5.41, 5.74) is 0.446. The van der Waals surface area contributed by atoms with Crippen LogP contribution in [0.15, 0.2) is 0 Å². The maximum absolute atomic E-state index is 5.50. The first-order chi connectivity index (χ1) is 8.15. The van der Waals surface area contributed by atoms with E-state index < -0.39 is 0 Å². The number of hydrogen-bond donors (Lipinski definition) is 0. The van der Waals surface area contributed by atoms with Crippen molar-refractivity contribution in [2.75, 3.05) is 38.2 Å². The Morgan fingerprint density at radius 2 is 1.94 bits per heavy atom. The minimum atomic E-state index is 0.446. The molecule has 102 valence electrons. The van der Waals surface area contributed by atoms with Gasteiger partial charge in [0.1, 0.15) is 0 Å². The molecule has 0 aromatic heterocycles. The maximum atomic E-state index is 5.50. The molecule has 0 aromatic carbocycles. The van der Waals surface area contributed by atoms with Gasteiger partial charge in [-0.1, -0.05) is 43.1 Å². The molecule has 17 heavy (non-hydrogen) atoms. The highest BCUT2D eigenvalue weighted by Crippen LogP contribution is 2.33. The van der Waals surface area contributed by atoms with Gasteiger partial charge in [0.25, 0.3) is 0 Å². The summed E-state index contributed by atoms with van der Waals surface area (Å²) in [6.07, 6.45) is 3.69. The summed E-state index contributed by atoms with van der Waals surface area (Å²) in [7, 11) is 0. The van der Waals surface area contributed by atoms with Crippen LogP contribution in [0.3, 0.4) is 0 Å². The first kappa shape index (κ1) is 15.5. The second-order valence-electron chi connectivity index (χ2n) is 5.59. The van der Waals surface area contributed by atoms with Crippen LogP contribution < -0.4 is 0 Å². The number of ether oxygens (including phenoxy) is 1. The van der Waals surface area contributed by atoms with Crippen LogP contribution in [0, 0.1) is 11.3 Å². The molecule has 0 aliphatic carbocycles. The molecule has 1 aliphatic heterocycles. The van der Waals surface area contributed by atoms with Crippen molar-refractivity contribution < 1.29 is 4.74 Å². The number of hydrogen-bond acceptors (Lipinski definition) is 2. The molecule has 0 amide bonds. The van der Waals surface area contributed by atoms with Crippen LogP contribution in [0.2, 0.25) is 0 Å². The van der Waals surface area contributed by atoms with Gasteiger partial charge in [-0.05, 0) is 30.7 Å². The molecule has 0 spiro atoms. The number of rotatable bonds is 7. The molecule has 0 bridgehead atoms. The average Bonchev–Trinajstić information content (AvgIpc) is 2.38. The average molecular weight is 306 g/mol. The van der Waals surface area contributed by atoms with Gasteiger partial charge < -0.3 is 9.64 Å². The lowest BCUT2D eigenvalue weighted by atomic mass is 9.81. The van der Waals surface area contributed by atoms with Gasteiger partial charge in [-0.15, -0.1) is 0 Å². The molecule has 1 saturated heterocycles. The van der Waals surface area contributed by atoms with Crippen LogP contribution >= 0.6 is 15.9 Å². The van der Waals surface area contributed by atoms with Gasteiger partial charge in [0, 0.05) is 31.6 Å². The molecular formula is C14H28BrNO. The van der Waals surface area contributed by atoms with E-state index in [1.165, 1.54) is 38.9 Å². The molecule has 2 nitrogen and oxygen atoms in total. The van der Waals surface area contributed by atoms with Crippen molar-refractivity contribution in [3.8, 4) is 0 Å². The minimum absolute atomic E-state index is 0.446. The van der Waals surface area contributed by atoms with E-state index in [9.17, 15) is 0 Å². The van der Waals surface area contributed by atoms with E-state index in [1.54, 1.807) is 0 Å². The van der Waals surface area contributed by atoms with Crippen molar-refractivity contribution in [2.45, 2.75) is 40.0 Å². The highest BCUT2D eigenvalue weighted by molar-refractivity contribution is 9.09. The lowest BCUT2D eigenvalue weighted by Crippen LogP contribution is -2.44. The van der Waals surface area contributed by atoms with E-state index in [1.807, 2.05) is 0 Å². The first-order valence-corrected chi connectivity index (χ1v) is 8.14. The summed E-state index contributed by atoms with van der Waals surface area (Å²) in [5.74, 6) is 0.808. The predicted molar refractivity (Wildman–Crippen MR) is 77.8 cm³/mol. The summed E-state index contributed by atoms with van der Waals surface area (Å²) in [5, 5.41) is 1.11. The van der Waals surface area contributed by atoms with Crippen molar-refractivity contribution in [2.24, 2.45) is 11.3 Å². The monoisotopic (exact) mass is 305 g/mol. The van der Waals surface area contributed by atoms with Crippen molar-refractivity contribution in [3.63, 3.8) is 0 Å². The highest BCUT2D eigenvalue weighted by atomic mass is 79.9. The summed E-state index contributed by atoms with van der Waals surface area (Å²) in [6.45, 7) is 12.4. The molecule has 0 aromatic rings. The normalized spacial score (nSPS) is 21.7. The molecule has 1 rings (SSSR count). The minimum Gasteiger partial charge on any atom is -0.381 e. The maximum Gasteiger partial charge on any atom is 0.0472 e. The van der Waals surface area contributed by atoms with Gasteiger partial charge in [0.15, 0.2) is 0 Å². The molecule has 1 heterocycles. The molecule has 0 radical (unpaired) electrons. The summed E-state index contributed by atoms with van der Waals surface area (Å²) >= 11 is 3.73. The van der Waals surface area contributed by atoms with Gasteiger partial charge in [0.05, 0.1) is 0 Å². The van der Waals surface area contributed by atoms with E-state index in [2.05, 4.69) is 41.6 Å². The summed E-state index contributed by atoms with van der Waals surface area (Å²) in [6, 6.07) is 0. The topological polar surface area (TPSA) is 12.5 Å². The fraction of sp³-hybridized carbons (Fsp3) is 1.00. The van der Waals surface area contributed by atoms with Crippen LogP contribution in [0.4, 0.5) is 0 Å². The van der Waals surface area contributed by atoms with Gasteiger partial charge in [0.2, 0.25) is 0 Å². The molecule has 1 unspecified atom stereocenters. The Hall–Kier alpha value is 0.400. The lowest BCUT2D eigenvalue weighted by Gasteiger charge is -2.40. The summed E-state index contributed by atoms with van der Waals surface area (Å²) in [4.78, 5) is 2.63. The molecule has 1 fully saturated rings. The molecule has 1 atom stereocenters. The van der Waals surface area contributed by atoms with Crippen molar-refractivity contribution in [1.29, 1.82) is 0 Å². The Bertz CT molecular complexity index is 204. The van der Waals surface area contributed by atoms with Crippen LogP contribution in [0.5, 0.6) is 0 Å². The smallest absolute Gasteiger partial charge is 0.0472 e. The van der Waals surface area contributed by atoms with E-state index in [4.69, 9.17) is 4.74 Å². The Labute approximate surface area is 115 Å². The Kier molecular flexibility index (Phi) is 7.05. The van der Waals surface area contributed by atoms with Crippen molar-refractivity contribution in [3.05, 3.63) is 0 Å². The standard InChI is InChI=1S/C14H28BrNO/c1-4-13(3)10-16(5-2)12-14(11-15)6-8-17-9-7-14/h13H,4-12H2,1-3H3. The SMILES string of the molecule is CCC(C)CN(CC)CC1(CBr)CCOCC1. The third kappa shape index (κ3) is 4.88. The molecule has 0 N–H and O–H groups in total. The van der Waals surface area contributed by atoms with Gasteiger partial charge in [-0.2, -0.15) is 0 Å². The van der Waals surface area contributed by atoms with Gasteiger partial charge in [-0.25, -0.2) is 0 Å². The molecule has 3 heteroatoms. The second-order valence-corrected chi connectivity index (χ2v) is 6.15. The Morgan fingerprint density at radius 3 is 2.41 bits per heavy atom. The zero-order chi connectivity index (χ0) is 12.7. The lowest BCUT2D eigenvalue weighted by molar-refractivity contribution is 0.00692. The predicted octanol–water partition coefficient (Wildman–Crippen LogP) is 3.55. The van der Waals surface area contributed by atoms with Crippen molar-refractivity contribution >= 4 is 15.9 Å². The van der Waals surface area contributed by atoms with E-state index in [0.29, 0.717) is 5.41 Å². The quantitative estimate of drug-likeness (QED) is 0.667. The van der Waals surface area contributed by atoms with Gasteiger partial charge >= 0.3 is 0 Å². The molecule has 1 aliphatic rings. The third-order valence-electron chi connectivity index (χ3n) is 4.11. The van der Waals surface area contributed by atoms with Gasteiger partial charge in [-0.3, -0.25) is 0 Å². The van der Waals surface area contributed by atoms with Crippen LogP contribution in [0.25, 0.3) is 0 Å². The third-order valence-corrected chi connectivity index (χ3v) is 5.30. The Balaban J connectivity index is 2.51. The largest absolute Gasteiger partial charge is 0.381 e.